The highest BCUT2D eigenvalue weighted by Crippen LogP contribution is 2.09. The Morgan fingerprint density at radius 3 is 2.50 bits per heavy atom. The molecule has 124 valence electrons. The van der Waals surface area contributed by atoms with Crippen LogP contribution in [0.2, 0.25) is 0 Å². The maximum Gasteiger partial charge on any atom is 0.246 e. The number of nitrogens with one attached hydrogen (secondary N) is 1. The van der Waals surface area contributed by atoms with Gasteiger partial charge in [-0.2, -0.15) is 5.10 Å². The van der Waals surface area contributed by atoms with Gasteiger partial charge in [-0.1, -0.05) is 24.6 Å². The minimum Gasteiger partial charge on any atom is -0.324 e. The molecule has 0 saturated heterocycles. The Balaban J connectivity index is 1.81. The summed E-state index contributed by atoms with van der Waals surface area (Å²) in [7, 11) is 0. The van der Waals surface area contributed by atoms with E-state index in [4.69, 9.17) is 12.2 Å². The molecule has 7 heteroatoms. The quantitative estimate of drug-likeness (QED) is 0.726. The van der Waals surface area contributed by atoms with Gasteiger partial charge in [-0.25, -0.2) is 9.36 Å². The molecule has 0 spiro atoms. The van der Waals surface area contributed by atoms with Crippen molar-refractivity contribution in [1.29, 1.82) is 0 Å². The van der Waals surface area contributed by atoms with Gasteiger partial charge in [0, 0.05) is 24.5 Å². The maximum atomic E-state index is 12.3. The van der Waals surface area contributed by atoms with E-state index in [-0.39, 0.29) is 12.5 Å². The second kappa shape index (κ2) is 6.84. The van der Waals surface area contributed by atoms with Crippen LogP contribution in [0.15, 0.2) is 48.8 Å². The predicted octanol–water partition coefficient (Wildman–Crippen LogP) is 3.04. The average Bonchev–Trinajstić information content (AvgIpc) is 3.18. The molecule has 1 amide bonds. The number of rotatable bonds is 5. The molecule has 1 aromatic carbocycles. The Hall–Kier alpha value is -2.67. The Morgan fingerprint density at radius 1 is 1.21 bits per heavy atom. The fourth-order valence-electron chi connectivity index (χ4n) is 2.43. The summed E-state index contributed by atoms with van der Waals surface area (Å²) in [5.41, 5.74) is 1.91. The number of aromatic nitrogens is 4. The second-order valence-electron chi connectivity index (χ2n) is 5.50. The Kier molecular flexibility index (Phi) is 4.61. The van der Waals surface area contributed by atoms with E-state index in [2.05, 4.69) is 10.4 Å². The Morgan fingerprint density at radius 2 is 1.88 bits per heavy atom. The number of hydrogen-bond acceptors (Lipinski definition) is 3. The number of carbonyl (C=O) groups excluding carboxylic acids is 1. The zero-order chi connectivity index (χ0) is 17.1. The Bertz CT molecular complexity index is 890. The molecule has 0 atom stereocenters. The summed E-state index contributed by atoms with van der Waals surface area (Å²) in [4.78, 5) is 12.3. The molecule has 2 aromatic heterocycles. The summed E-state index contributed by atoms with van der Waals surface area (Å²) in [6.07, 6.45) is 4.51. The molecule has 0 aliphatic heterocycles. The first-order valence-corrected chi connectivity index (χ1v) is 8.18. The molecule has 0 saturated carbocycles. The van der Waals surface area contributed by atoms with Crippen molar-refractivity contribution in [2.45, 2.75) is 26.8 Å². The van der Waals surface area contributed by atoms with Gasteiger partial charge in [-0.3, -0.25) is 9.47 Å². The van der Waals surface area contributed by atoms with Crippen LogP contribution >= 0.6 is 12.2 Å². The van der Waals surface area contributed by atoms with Crippen LogP contribution in [0.3, 0.4) is 0 Å². The molecule has 3 rings (SSSR count). The predicted molar refractivity (Wildman–Crippen MR) is 95.5 cm³/mol. The van der Waals surface area contributed by atoms with Crippen LogP contribution in [-0.4, -0.2) is 25.0 Å². The van der Waals surface area contributed by atoms with Crippen LogP contribution in [0.1, 0.15) is 18.3 Å². The summed E-state index contributed by atoms with van der Waals surface area (Å²) in [6, 6.07) is 11.5. The molecule has 0 aliphatic rings. The van der Waals surface area contributed by atoms with Crippen molar-refractivity contribution in [3.63, 3.8) is 0 Å². The molecule has 0 aliphatic carbocycles. The van der Waals surface area contributed by atoms with Crippen molar-refractivity contribution in [3.8, 4) is 0 Å². The van der Waals surface area contributed by atoms with E-state index in [1.165, 1.54) is 0 Å². The smallest absolute Gasteiger partial charge is 0.246 e. The molecule has 0 unspecified atom stereocenters. The van der Waals surface area contributed by atoms with Gasteiger partial charge < -0.3 is 5.32 Å². The normalized spacial score (nSPS) is 10.8. The van der Waals surface area contributed by atoms with E-state index in [0.29, 0.717) is 11.2 Å². The second-order valence-corrected chi connectivity index (χ2v) is 5.86. The molecule has 6 nitrogen and oxygen atoms in total. The van der Waals surface area contributed by atoms with Crippen molar-refractivity contribution < 1.29 is 4.79 Å². The largest absolute Gasteiger partial charge is 0.324 e. The zero-order valence-corrected chi connectivity index (χ0v) is 14.5. The van der Waals surface area contributed by atoms with E-state index in [1.807, 2.05) is 72.0 Å². The van der Waals surface area contributed by atoms with Gasteiger partial charge in [0.25, 0.3) is 0 Å². The number of aryl methyl sites for hydroxylation is 2. The van der Waals surface area contributed by atoms with Crippen molar-refractivity contribution in [2.24, 2.45) is 0 Å². The maximum absolute atomic E-state index is 12.3. The lowest BCUT2D eigenvalue weighted by Gasteiger charge is -2.06. The molecular formula is C17H19N5OS. The fraction of sp³-hybridized carbons (Fsp3) is 0.235. The van der Waals surface area contributed by atoms with E-state index < -0.39 is 0 Å². The fourth-order valence-corrected chi connectivity index (χ4v) is 2.74. The van der Waals surface area contributed by atoms with Gasteiger partial charge in [0.15, 0.2) is 5.82 Å². The van der Waals surface area contributed by atoms with E-state index >= 15 is 0 Å². The lowest BCUT2D eigenvalue weighted by atomic mass is 10.2. The molecule has 0 bridgehead atoms. The molecule has 24 heavy (non-hydrogen) atoms. The lowest BCUT2D eigenvalue weighted by Crippen LogP contribution is -2.20. The van der Waals surface area contributed by atoms with Crippen LogP contribution in [0, 0.1) is 11.7 Å². The van der Waals surface area contributed by atoms with Gasteiger partial charge in [0.1, 0.15) is 6.54 Å². The third-order valence-electron chi connectivity index (χ3n) is 3.65. The number of anilines is 1. The summed E-state index contributed by atoms with van der Waals surface area (Å²) in [5.74, 6) is 0.647. The van der Waals surface area contributed by atoms with Crippen molar-refractivity contribution in [3.05, 3.63) is 65.0 Å². The molecule has 3 aromatic rings. The van der Waals surface area contributed by atoms with Crippen LogP contribution in [0.25, 0.3) is 0 Å². The summed E-state index contributed by atoms with van der Waals surface area (Å²) in [6.45, 7) is 4.09. The molecule has 0 radical (unpaired) electrons. The topological polar surface area (TPSA) is 56.8 Å². The van der Waals surface area contributed by atoms with Gasteiger partial charge >= 0.3 is 0 Å². The van der Waals surface area contributed by atoms with Crippen molar-refractivity contribution >= 4 is 23.8 Å². The monoisotopic (exact) mass is 341 g/mol. The van der Waals surface area contributed by atoms with Gasteiger partial charge in [-0.05, 0) is 43.4 Å². The van der Waals surface area contributed by atoms with Crippen LogP contribution in [-0.2, 0) is 17.8 Å². The zero-order valence-electron chi connectivity index (χ0n) is 13.6. The molecule has 1 N–H and O–H groups in total. The summed E-state index contributed by atoms with van der Waals surface area (Å²) < 4.78 is 5.73. The minimum absolute atomic E-state index is 0.0774. The van der Waals surface area contributed by atoms with Gasteiger partial charge in [-0.15, -0.1) is 0 Å². The first kappa shape index (κ1) is 16.2. The highest BCUT2D eigenvalue weighted by Gasteiger charge is 2.13. The third kappa shape index (κ3) is 3.30. The lowest BCUT2D eigenvalue weighted by molar-refractivity contribution is -0.116. The highest BCUT2D eigenvalue weighted by atomic mass is 32.1. The minimum atomic E-state index is -0.158. The Labute approximate surface area is 145 Å². The van der Waals surface area contributed by atoms with Crippen LogP contribution in [0.5, 0.6) is 0 Å². The summed E-state index contributed by atoms with van der Waals surface area (Å²) in [5, 5.41) is 7.34. The van der Waals surface area contributed by atoms with Gasteiger partial charge in [0.05, 0.1) is 0 Å². The third-order valence-corrected chi connectivity index (χ3v) is 4.03. The number of carbonyl (C=O) groups is 1. The average molecular weight is 341 g/mol. The van der Waals surface area contributed by atoms with E-state index in [0.717, 1.165) is 17.1 Å². The van der Waals surface area contributed by atoms with Crippen molar-refractivity contribution in [2.75, 3.05) is 5.32 Å². The van der Waals surface area contributed by atoms with Gasteiger partial charge in [0.2, 0.25) is 10.7 Å². The molecule has 0 fully saturated rings. The first-order valence-electron chi connectivity index (χ1n) is 7.77. The summed E-state index contributed by atoms with van der Waals surface area (Å²) >= 11 is 5.49. The number of nitrogens with zero attached hydrogens (tertiary/aromatic N) is 4. The highest BCUT2D eigenvalue weighted by molar-refractivity contribution is 7.71. The van der Waals surface area contributed by atoms with E-state index in [1.54, 1.807) is 4.68 Å². The van der Waals surface area contributed by atoms with Crippen molar-refractivity contribution in [1.82, 2.24) is 19.1 Å². The standard InChI is InChI=1S/C17H19N5OS/c1-3-15-19-21(17(24)22(15)20-10-4-5-11-20)12-16(23)18-14-8-6-13(2)7-9-14/h4-11H,3,12H2,1-2H3,(H,18,23). The SMILES string of the molecule is CCc1nn(CC(=O)Nc2ccc(C)cc2)c(=S)n1-n1cccc1. The number of hydrogen-bond donors (Lipinski definition) is 1. The number of amides is 1. The van der Waals surface area contributed by atoms with Crippen LogP contribution in [0.4, 0.5) is 5.69 Å². The van der Waals surface area contributed by atoms with Crippen LogP contribution < -0.4 is 5.32 Å². The first-order chi connectivity index (χ1) is 11.6. The molecule has 2 heterocycles. The molecular weight excluding hydrogens is 322 g/mol. The van der Waals surface area contributed by atoms with E-state index in [9.17, 15) is 4.79 Å². The number of benzene rings is 1.